The summed E-state index contributed by atoms with van der Waals surface area (Å²) in [5.41, 5.74) is 1.08. The monoisotopic (exact) mass is 371 g/mol. The summed E-state index contributed by atoms with van der Waals surface area (Å²) < 4.78 is 22.1. The number of benzene rings is 2. The molecule has 1 N–H and O–H groups in total. The lowest BCUT2D eigenvalue weighted by molar-refractivity contribution is -0.121. The molecule has 1 heterocycles. The molecule has 3 rings (SSSR count). The topological polar surface area (TPSA) is 66.0 Å². The number of ether oxygens (including phenoxy) is 4. The number of methoxy groups -OCH3 is 2. The molecular formula is C21H25NO5. The van der Waals surface area contributed by atoms with Gasteiger partial charge in [-0.1, -0.05) is 18.2 Å². The van der Waals surface area contributed by atoms with Crippen LogP contribution in [0.25, 0.3) is 0 Å². The minimum atomic E-state index is -0.100. The fraction of sp³-hybridized carbons (Fsp3) is 0.381. The molecule has 0 saturated heterocycles. The number of nitrogens with one attached hydrogen (secondary N) is 1. The molecule has 0 aromatic heterocycles. The van der Waals surface area contributed by atoms with E-state index in [0.717, 1.165) is 23.5 Å². The van der Waals surface area contributed by atoms with E-state index in [4.69, 9.17) is 18.9 Å². The highest BCUT2D eigenvalue weighted by molar-refractivity contribution is 5.75. The zero-order valence-corrected chi connectivity index (χ0v) is 15.7. The highest BCUT2D eigenvalue weighted by Crippen LogP contribution is 2.31. The van der Waals surface area contributed by atoms with Crippen molar-refractivity contribution >= 4 is 5.91 Å². The SMILES string of the molecule is COc1ccc(CCNC(=O)CC[C@H]2COc3ccccc3O2)cc1OC. The summed E-state index contributed by atoms with van der Waals surface area (Å²) in [6.07, 6.45) is 1.65. The molecule has 6 heteroatoms. The van der Waals surface area contributed by atoms with Crippen LogP contribution < -0.4 is 24.3 Å². The molecule has 0 saturated carbocycles. The summed E-state index contributed by atoms with van der Waals surface area (Å²) in [5.74, 6) is 2.89. The first-order valence-electron chi connectivity index (χ1n) is 9.05. The predicted octanol–water partition coefficient (Wildman–Crippen LogP) is 2.98. The molecule has 1 amide bonds. The molecule has 0 spiro atoms. The minimum Gasteiger partial charge on any atom is -0.493 e. The standard InChI is InChI=1S/C21H25NO5/c1-24-17-9-7-15(13-20(17)25-2)11-12-22-21(23)10-8-16-14-26-18-5-3-4-6-19(18)27-16/h3-7,9,13,16H,8,10-12,14H2,1-2H3,(H,22,23)/t16-/m0/s1. The summed E-state index contributed by atoms with van der Waals surface area (Å²) in [6.45, 7) is 1.04. The Morgan fingerprint density at radius 3 is 2.67 bits per heavy atom. The third kappa shape index (κ3) is 5.06. The van der Waals surface area contributed by atoms with Gasteiger partial charge in [0, 0.05) is 13.0 Å². The number of carbonyl (C=O) groups is 1. The van der Waals surface area contributed by atoms with E-state index >= 15 is 0 Å². The molecule has 27 heavy (non-hydrogen) atoms. The second kappa shape index (κ2) is 9.16. The van der Waals surface area contributed by atoms with Gasteiger partial charge >= 0.3 is 0 Å². The van der Waals surface area contributed by atoms with E-state index in [0.29, 0.717) is 37.5 Å². The Morgan fingerprint density at radius 2 is 1.89 bits per heavy atom. The van der Waals surface area contributed by atoms with E-state index in [1.54, 1.807) is 14.2 Å². The van der Waals surface area contributed by atoms with Crippen molar-refractivity contribution in [2.45, 2.75) is 25.4 Å². The summed E-state index contributed by atoms with van der Waals surface area (Å²) in [5, 5.41) is 2.95. The van der Waals surface area contributed by atoms with Crippen LogP contribution in [0.1, 0.15) is 18.4 Å². The first-order valence-corrected chi connectivity index (χ1v) is 9.05. The zero-order valence-electron chi connectivity index (χ0n) is 15.7. The summed E-state index contributed by atoms with van der Waals surface area (Å²) in [6, 6.07) is 13.3. The van der Waals surface area contributed by atoms with Crippen LogP contribution in [0.4, 0.5) is 0 Å². The second-order valence-electron chi connectivity index (χ2n) is 6.33. The average Bonchev–Trinajstić information content (AvgIpc) is 2.72. The predicted molar refractivity (Wildman–Crippen MR) is 102 cm³/mol. The Balaban J connectivity index is 1.39. The van der Waals surface area contributed by atoms with Crippen LogP contribution in [-0.2, 0) is 11.2 Å². The summed E-state index contributed by atoms with van der Waals surface area (Å²) in [4.78, 5) is 12.1. The van der Waals surface area contributed by atoms with Gasteiger partial charge in [0.1, 0.15) is 12.7 Å². The van der Waals surface area contributed by atoms with E-state index in [1.807, 2.05) is 42.5 Å². The Kier molecular flexibility index (Phi) is 6.41. The lowest BCUT2D eigenvalue weighted by atomic mass is 10.1. The molecule has 144 valence electrons. The molecule has 6 nitrogen and oxygen atoms in total. The number of hydrogen-bond donors (Lipinski definition) is 1. The maximum absolute atomic E-state index is 12.1. The number of para-hydroxylation sites is 2. The van der Waals surface area contributed by atoms with Crippen LogP contribution >= 0.6 is 0 Å². The number of amides is 1. The van der Waals surface area contributed by atoms with Gasteiger partial charge in [-0.2, -0.15) is 0 Å². The van der Waals surface area contributed by atoms with Crippen molar-refractivity contribution in [2.24, 2.45) is 0 Å². The normalized spacial score (nSPS) is 15.1. The highest BCUT2D eigenvalue weighted by Gasteiger charge is 2.21. The molecule has 1 atom stereocenters. The second-order valence-corrected chi connectivity index (χ2v) is 6.33. The summed E-state index contributed by atoms with van der Waals surface area (Å²) in [7, 11) is 3.22. The fourth-order valence-electron chi connectivity index (χ4n) is 2.97. The van der Waals surface area contributed by atoms with Gasteiger partial charge in [0.25, 0.3) is 0 Å². The lowest BCUT2D eigenvalue weighted by Crippen LogP contribution is -2.32. The van der Waals surface area contributed by atoms with E-state index < -0.39 is 0 Å². The number of carbonyl (C=O) groups excluding carboxylic acids is 1. The van der Waals surface area contributed by atoms with Gasteiger partial charge in [0.05, 0.1) is 14.2 Å². The quantitative estimate of drug-likeness (QED) is 0.773. The number of fused-ring (bicyclic) bond motifs is 1. The summed E-state index contributed by atoms with van der Waals surface area (Å²) >= 11 is 0. The van der Waals surface area contributed by atoms with Crippen molar-refractivity contribution in [1.29, 1.82) is 0 Å². The molecule has 0 fully saturated rings. The fourth-order valence-corrected chi connectivity index (χ4v) is 2.97. The smallest absolute Gasteiger partial charge is 0.220 e. The highest BCUT2D eigenvalue weighted by atomic mass is 16.6. The van der Waals surface area contributed by atoms with Gasteiger partial charge in [-0.05, 0) is 42.7 Å². The minimum absolute atomic E-state index is 0.0120. The van der Waals surface area contributed by atoms with Gasteiger partial charge in [-0.15, -0.1) is 0 Å². The first-order chi connectivity index (χ1) is 13.2. The van der Waals surface area contributed by atoms with Crippen LogP contribution in [0, 0.1) is 0 Å². The molecule has 1 aliphatic rings. The zero-order chi connectivity index (χ0) is 19.1. The third-order valence-electron chi connectivity index (χ3n) is 4.44. The average molecular weight is 371 g/mol. The molecule has 2 aromatic rings. The van der Waals surface area contributed by atoms with Crippen LogP contribution in [-0.4, -0.2) is 39.4 Å². The Morgan fingerprint density at radius 1 is 1.11 bits per heavy atom. The molecule has 0 aliphatic carbocycles. The van der Waals surface area contributed by atoms with E-state index in [9.17, 15) is 4.79 Å². The third-order valence-corrected chi connectivity index (χ3v) is 4.44. The molecule has 0 unspecified atom stereocenters. The first kappa shape index (κ1) is 18.9. The van der Waals surface area contributed by atoms with Crippen LogP contribution in [0.5, 0.6) is 23.0 Å². The van der Waals surface area contributed by atoms with Gasteiger partial charge < -0.3 is 24.3 Å². The number of hydrogen-bond acceptors (Lipinski definition) is 5. The van der Waals surface area contributed by atoms with Gasteiger partial charge in [0.15, 0.2) is 23.0 Å². The molecule has 2 aromatic carbocycles. The Hall–Kier alpha value is -2.89. The van der Waals surface area contributed by atoms with E-state index in [2.05, 4.69) is 5.32 Å². The molecule has 0 bridgehead atoms. The van der Waals surface area contributed by atoms with Gasteiger partial charge in [-0.3, -0.25) is 4.79 Å². The lowest BCUT2D eigenvalue weighted by Gasteiger charge is -2.26. The van der Waals surface area contributed by atoms with Crippen molar-refractivity contribution in [3.8, 4) is 23.0 Å². The van der Waals surface area contributed by atoms with Crippen molar-refractivity contribution in [1.82, 2.24) is 5.32 Å². The van der Waals surface area contributed by atoms with Crippen molar-refractivity contribution in [3.63, 3.8) is 0 Å². The van der Waals surface area contributed by atoms with Crippen LogP contribution in [0.2, 0.25) is 0 Å². The van der Waals surface area contributed by atoms with Gasteiger partial charge in [-0.25, -0.2) is 0 Å². The molecule has 0 radical (unpaired) electrons. The molecule has 1 aliphatic heterocycles. The Bertz CT molecular complexity index is 777. The maximum atomic E-state index is 12.1. The van der Waals surface area contributed by atoms with Crippen LogP contribution in [0.3, 0.4) is 0 Å². The van der Waals surface area contributed by atoms with Crippen molar-refractivity contribution in [3.05, 3.63) is 48.0 Å². The number of rotatable bonds is 8. The largest absolute Gasteiger partial charge is 0.493 e. The van der Waals surface area contributed by atoms with E-state index in [1.165, 1.54) is 0 Å². The van der Waals surface area contributed by atoms with Crippen molar-refractivity contribution < 1.29 is 23.7 Å². The maximum Gasteiger partial charge on any atom is 0.220 e. The van der Waals surface area contributed by atoms with E-state index in [-0.39, 0.29) is 12.0 Å². The Labute approximate surface area is 159 Å². The van der Waals surface area contributed by atoms with Crippen LogP contribution in [0.15, 0.2) is 42.5 Å². The van der Waals surface area contributed by atoms with Crippen molar-refractivity contribution in [2.75, 3.05) is 27.4 Å². The molecular weight excluding hydrogens is 346 g/mol. The van der Waals surface area contributed by atoms with Gasteiger partial charge in [0.2, 0.25) is 5.91 Å².